The second-order valence-electron chi connectivity index (χ2n) is 7.92. The molecule has 0 radical (unpaired) electrons. The van der Waals surface area contributed by atoms with Crippen molar-refractivity contribution in [3.05, 3.63) is 53.6 Å². The summed E-state index contributed by atoms with van der Waals surface area (Å²) in [6.07, 6.45) is 2.74. The number of nitrogens with zero attached hydrogens (tertiary/aromatic N) is 2. The second-order valence-corrected chi connectivity index (χ2v) is 7.92. The smallest absolute Gasteiger partial charge is 0.224 e. The Morgan fingerprint density at radius 3 is 2.30 bits per heavy atom. The molecule has 0 unspecified atom stereocenters. The Hall–Kier alpha value is -2.73. The summed E-state index contributed by atoms with van der Waals surface area (Å²) in [6.45, 7) is 2.75. The Morgan fingerprint density at radius 1 is 1.03 bits per heavy atom. The van der Waals surface area contributed by atoms with E-state index in [-0.39, 0.29) is 11.9 Å². The molecule has 3 rings (SSSR count). The van der Waals surface area contributed by atoms with Crippen LogP contribution in [0.2, 0.25) is 0 Å². The molecule has 1 saturated heterocycles. The van der Waals surface area contributed by atoms with Gasteiger partial charge in [-0.2, -0.15) is 0 Å². The third-order valence-electron chi connectivity index (χ3n) is 5.68. The van der Waals surface area contributed by atoms with Gasteiger partial charge < -0.3 is 19.7 Å². The highest BCUT2D eigenvalue weighted by atomic mass is 16.5. The average molecular weight is 412 g/mol. The standard InChI is InChI=1S/C24H33N3O3/c1-26(2)20-10-8-19(9-11-20)21(27-13-5-6-14-27)17-25-24(28)16-18-7-12-22(29-3)23(15-18)30-4/h7-12,15,21H,5-6,13-14,16-17H2,1-4H3,(H,25,28)/t21-/m1/s1. The number of likely N-dealkylation sites (tertiary alicyclic amines) is 1. The SMILES string of the molecule is COc1ccc(CC(=O)NC[C@H](c2ccc(N(C)C)cc2)N2CCCC2)cc1OC. The molecule has 0 spiro atoms. The Labute approximate surface area is 179 Å². The molecule has 6 nitrogen and oxygen atoms in total. The third kappa shape index (κ3) is 5.45. The number of ether oxygens (including phenoxy) is 2. The van der Waals surface area contributed by atoms with Gasteiger partial charge in [-0.1, -0.05) is 18.2 Å². The predicted octanol–water partition coefficient (Wildman–Crippen LogP) is 3.27. The second kappa shape index (κ2) is 10.3. The zero-order chi connectivity index (χ0) is 21.5. The quantitative estimate of drug-likeness (QED) is 0.686. The summed E-state index contributed by atoms with van der Waals surface area (Å²) in [5.41, 5.74) is 3.32. The molecule has 0 bridgehead atoms. The minimum atomic E-state index is 0.0105. The fraction of sp³-hybridized carbons (Fsp3) is 0.458. The first-order chi connectivity index (χ1) is 14.5. The van der Waals surface area contributed by atoms with E-state index in [2.05, 4.69) is 39.4 Å². The monoisotopic (exact) mass is 411 g/mol. The van der Waals surface area contributed by atoms with Crippen LogP contribution in [-0.4, -0.2) is 58.8 Å². The third-order valence-corrected chi connectivity index (χ3v) is 5.68. The van der Waals surface area contributed by atoms with Gasteiger partial charge >= 0.3 is 0 Å². The molecular weight excluding hydrogens is 378 g/mol. The summed E-state index contributed by atoms with van der Waals surface area (Å²) in [5, 5.41) is 3.15. The summed E-state index contributed by atoms with van der Waals surface area (Å²) in [4.78, 5) is 17.2. The summed E-state index contributed by atoms with van der Waals surface area (Å²) in [5.74, 6) is 1.31. The molecule has 6 heteroatoms. The van der Waals surface area contributed by atoms with Crippen LogP contribution in [0, 0.1) is 0 Å². The molecule has 1 heterocycles. The molecular formula is C24H33N3O3. The summed E-state index contributed by atoms with van der Waals surface area (Å²) < 4.78 is 10.6. The van der Waals surface area contributed by atoms with E-state index in [1.54, 1.807) is 14.2 Å². The first kappa shape index (κ1) is 22.0. The molecule has 1 amide bonds. The van der Waals surface area contributed by atoms with E-state index in [9.17, 15) is 4.79 Å². The normalized spacial score (nSPS) is 14.9. The molecule has 0 saturated carbocycles. The maximum Gasteiger partial charge on any atom is 0.224 e. The minimum absolute atomic E-state index is 0.0105. The van der Waals surface area contributed by atoms with Crippen LogP contribution in [0.5, 0.6) is 11.5 Å². The van der Waals surface area contributed by atoms with Crippen molar-refractivity contribution in [1.82, 2.24) is 10.2 Å². The Kier molecular flexibility index (Phi) is 7.57. The van der Waals surface area contributed by atoms with Gasteiger partial charge in [0, 0.05) is 26.3 Å². The summed E-state index contributed by atoms with van der Waals surface area (Å²) in [6, 6.07) is 14.4. The molecule has 1 aliphatic rings. The van der Waals surface area contributed by atoms with Gasteiger partial charge in [0.2, 0.25) is 5.91 Å². The lowest BCUT2D eigenvalue weighted by Crippen LogP contribution is -2.37. The highest BCUT2D eigenvalue weighted by molar-refractivity contribution is 5.78. The van der Waals surface area contributed by atoms with Gasteiger partial charge in [0.05, 0.1) is 26.7 Å². The van der Waals surface area contributed by atoms with E-state index in [0.717, 1.165) is 18.7 Å². The number of amides is 1. The van der Waals surface area contributed by atoms with Crippen molar-refractivity contribution in [1.29, 1.82) is 0 Å². The van der Waals surface area contributed by atoms with Gasteiger partial charge in [0.1, 0.15) is 0 Å². The first-order valence-corrected chi connectivity index (χ1v) is 10.5. The van der Waals surface area contributed by atoms with Crippen LogP contribution >= 0.6 is 0 Å². The Bertz CT molecular complexity index is 830. The lowest BCUT2D eigenvalue weighted by atomic mass is 10.0. The van der Waals surface area contributed by atoms with Crippen molar-refractivity contribution >= 4 is 11.6 Å². The van der Waals surface area contributed by atoms with E-state index in [4.69, 9.17) is 9.47 Å². The number of benzene rings is 2. The van der Waals surface area contributed by atoms with Gasteiger partial charge in [-0.05, 0) is 61.3 Å². The maximum absolute atomic E-state index is 12.7. The zero-order valence-electron chi connectivity index (χ0n) is 18.5. The van der Waals surface area contributed by atoms with E-state index in [1.807, 2.05) is 32.3 Å². The largest absolute Gasteiger partial charge is 0.493 e. The molecule has 162 valence electrons. The highest BCUT2D eigenvalue weighted by Gasteiger charge is 2.24. The maximum atomic E-state index is 12.7. The number of methoxy groups -OCH3 is 2. The number of carbonyl (C=O) groups excluding carboxylic acids is 1. The number of carbonyl (C=O) groups is 1. The van der Waals surface area contributed by atoms with Crippen molar-refractivity contribution in [3.63, 3.8) is 0 Å². The van der Waals surface area contributed by atoms with Gasteiger partial charge in [-0.25, -0.2) is 0 Å². The first-order valence-electron chi connectivity index (χ1n) is 10.5. The fourth-order valence-electron chi connectivity index (χ4n) is 3.95. The van der Waals surface area contributed by atoms with Crippen LogP contribution < -0.4 is 19.7 Å². The Balaban J connectivity index is 1.65. The number of hydrogen-bond donors (Lipinski definition) is 1. The lowest BCUT2D eigenvalue weighted by molar-refractivity contribution is -0.120. The van der Waals surface area contributed by atoms with Crippen LogP contribution in [0.1, 0.15) is 30.0 Å². The highest BCUT2D eigenvalue weighted by Crippen LogP contribution is 2.28. The zero-order valence-corrected chi connectivity index (χ0v) is 18.5. The number of anilines is 1. The molecule has 1 atom stereocenters. The number of hydrogen-bond acceptors (Lipinski definition) is 5. The predicted molar refractivity (Wildman–Crippen MR) is 121 cm³/mol. The van der Waals surface area contributed by atoms with Crippen molar-refractivity contribution in [2.45, 2.75) is 25.3 Å². The van der Waals surface area contributed by atoms with Crippen molar-refractivity contribution in [3.8, 4) is 11.5 Å². The van der Waals surface area contributed by atoms with Crippen LogP contribution in [0.4, 0.5) is 5.69 Å². The molecule has 1 aliphatic heterocycles. The molecule has 2 aromatic carbocycles. The van der Waals surface area contributed by atoms with E-state index < -0.39 is 0 Å². The topological polar surface area (TPSA) is 54.0 Å². The van der Waals surface area contributed by atoms with Gasteiger partial charge in [0.15, 0.2) is 11.5 Å². The van der Waals surface area contributed by atoms with Crippen LogP contribution in [0.3, 0.4) is 0 Å². The van der Waals surface area contributed by atoms with Gasteiger partial charge in [0.25, 0.3) is 0 Å². The lowest BCUT2D eigenvalue weighted by Gasteiger charge is -2.28. The van der Waals surface area contributed by atoms with Crippen LogP contribution in [-0.2, 0) is 11.2 Å². The Morgan fingerprint density at radius 2 is 1.70 bits per heavy atom. The summed E-state index contributed by atoms with van der Waals surface area (Å²) >= 11 is 0. The van der Waals surface area contributed by atoms with Crippen molar-refractivity contribution in [2.24, 2.45) is 0 Å². The van der Waals surface area contributed by atoms with Crippen molar-refractivity contribution in [2.75, 3.05) is 52.8 Å². The van der Waals surface area contributed by atoms with Gasteiger partial charge in [-0.15, -0.1) is 0 Å². The van der Waals surface area contributed by atoms with E-state index in [1.165, 1.54) is 24.1 Å². The van der Waals surface area contributed by atoms with E-state index >= 15 is 0 Å². The summed E-state index contributed by atoms with van der Waals surface area (Å²) in [7, 11) is 7.29. The molecule has 0 aliphatic carbocycles. The molecule has 1 N–H and O–H groups in total. The molecule has 30 heavy (non-hydrogen) atoms. The molecule has 2 aromatic rings. The molecule has 1 fully saturated rings. The van der Waals surface area contributed by atoms with Crippen molar-refractivity contribution < 1.29 is 14.3 Å². The molecule has 0 aromatic heterocycles. The van der Waals surface area contributed by atoms with Crippen LogP contribution in [0.15, 0.2) is 42.5 Å². The van der Waals surface area contributed by atoms with Gasteiger partial charge in [-0.3, -0.25) is 9.69 Å². The number of rotatable bonds is 9. The fourth-order valence-corrected chi connectivity index (χ4v) is 3.95. The number of nitrogens with one attached hydrogen (secondary N) is 1. The van der Waals surface area contributed by atoms with Crippen LogP contribution in [0.25, 0.3) is 0 Å². The van der Waals surface area contributed by atoms with E-state index in [0.29, 0.717) is 24.5 Å². The minimum Gasteiger partial charge on any atom is -0.493 e. The average Bonchev–Trinajstić information content (AvgIpc) is 3.28.